The van der Waals surface area contributed by atoms with E-state index in [1.807, 2.05) is 0 Å². The molecule has 0 aromatic heterocycles. The van der Waals surface area contributed by atoms with Gasteiger partial charge in [0.05, 0.1) is 17.1 Å². The molecule has 9 heteroatoms. The predicted molar refractivity (Wildman–Crippen MR) is 79.8 cm³/mol. The van der Waals surface area contributed by atoms with Crippen molar-refractivity contribution in [3.05, 3.63) is 28.2 Å². The zero-order chi connectivity index (χ0) is 16.5. The number of halogens is 1. The average molecular weight is 392 g/mol. The van der Waals surface area contributed by atoms with Crippen molar-refractivity contribution < 1.29 is 27.5 Å². The molecule has 0 aliphatic carbocycles. The molecule has 0 unspecified atom stereocenters. The van der Waals surface area contributed by atoms with Crippen molar-refractivity contribution in [2.45, 2.75) is 17.4 Å². The number of carbonyl (C=O) groups is 2. The summed E-state index contributed by atoms with van der Waals surface area (Å²) < 4.78 is 35.5. The van der Waals surface area contributed by atoms with Crippen LogP contribution in [-0.4, -0.2) is 51.5 Å². The molecule has 7 nitrogen and oxygen atoms in total. The van der Waals surface area contributed by atoms with Crippen molar-refractivity contribution in [3.63, 3.8) is 0 Å². The van der Waals surface area contributed by atoms with Gasteiger partial charge in [-0.15, -0.1) is 0 Å². The molecule has 2 rings (SSSR count). The number of ether oxygens (including phenoxy) is 2. The lowest BCUT2D eigenvalue weighted by atomic mass is 10.2. The van der Waals surface area contributed by atoms with Crippen LogP contribution in [0.2, 0.25) is 0 Å². The van der Waals surface area contributed by atoms with Gasteiger partial charge in [-0.25, -0.2) is 22.3 Å². The van der Waals surface area contributed by atoms with Crippen molar-refractivity contribution >= 4 is 37.9 Å². The Labute approximate surface area is 136 Å². The third kappa shape index (κ3) is 3.31. The number of hydrogen-bond donors (Lipinski definition) is 0. The number of benzene rings is 1. The summed E-state index contributed by atoms with van der Waals surface area (Å²) >= 11 is 3.15. The molecule has 1 saturated heterocycles. The van der Waals surface area contributed by atoms with Crippen LogP contribution >= 0.6 is 15.9 Å². The molecule has 1 aromatic carbocycles. The molecule has 120 valence electrons. The van der Waals surface area contributed by atoms with Crippen LogP contribution in [0.15, 0.2) is 27.6 Å². The number of esters is 2. The number of nitrogens with zero attached hydrogens (tertiary/aromatic N) is 1. The third-order valence-electron chi connectivity index (χ3n) is 3.06. The summed E-state index contributed by atoms with van der Waals surface area (Å²) in [5, 5.41) is 0. The Kier molecular flexibility index (Phi) is 4.88. The molecule has 1 atom stereocenters. The largest absolute Gasteiger partial charge is 0.463 e. The summed E-state index contributed by atoms with van der Waals surface area (Å²) in [6, 6.07) is 4.07. The van der Waals surface area contributed by atoms with Gasteiger partial charge in [-0.05, 0) is 34.1 Å². The first-order valence-corrected chi connectivity index (χ1v) is 8.56. The van der Waals surface area contributed by atoms with E-state index in [4.69, 9.17) is 9.47 Å². The summed E-state index contributed by atoms with van der Waals surface area (Å²) in [6.45, 7) is 0.206. The van der Waals surface area contributed by atoms with Crippen LogP contribution in [0.25, 0.3) is 0 Å². The predicted octanol–water partition coefficient (Wildman–Crippen LogP) is 1.17. The molecule has 22 heavy (non-hydrogen) atoms. The van der Waals surface area contributed by atoms with Crippen LogP contribution in [0.5, 0.6) is 0 Å². The van der Waals surface area contributed by atoms with Crippen molar-refractivity contribution in [2.75, 3.05) is 20.7 Å². The van der Waals surface area contributed by atoms with Gasteiger partial charge >= 0.3 is 11.9 Å². The average Bonchev–Trinajstić information content (AvgIpc) is 2.84. The van der Waals surface area contributed by atoms with E-state index in [0.717, 1.165) is 4.31 Å². The van der Waals surface area contributed by atoms with E-state index in [0.29, 0.717) is 10.9 Å². The molecular formula is C13H14BrNO6S. The number of cyclic esters (lactones) is 1. The van der Waals surface area contributed by atoms with Crippen LogP contribution in [0.1, 0.15) is 16.8 Å². The first-order chi connectivity index (χ1) is 10.2. The second kappa shape index (κ2) is 6.35. The lowest BCUT2D eigenvalue weighted by molar-refractivity contribution is -0.145. The highest BCUT2D eigenvalue weighted by Gasteiger charge is 2.31. The van der Waals surface area contributed by atoms with Gasteiger partial charge in [0.2, 0.25) is 16.1 Å². The normalized spacial score (nSPS) is 18.4. The fraction of sp³-hybridized carbons (Fsp3) is 0.385. The van der Waals surface area contributed by atoms with Gasteiger partial charge in [0, 0.05) is 25.0 Å². The van der Waals surface area contributed by atoms with E-state index in [9.17, 15) is 18.0 Å². The fourth-order valence-electron chi connectivity index (χ4n) is 1.81. The van der Waals surface area contributed by atoms with Crippen LogP contribution in [0.3, 0.4) is 0 Å². The summed E-state index contributed by atoms with van der Waals surface area (Å²) in [6.07, 6.45) is -0.644. The summed E-state index contributed by atoms with van der Waals surface area (Å²) in [4.78, 5) is 23.3. The Morgan fingerprint density at radius 2 is 2.09 bits per heavy atom. The lowest BCUT2D eigenvalue weighted by Gasteiger charge is -2.14. The number of sulfonamides is 1. The zero-order valence-corrected chi connectivity index (χ0v) is 14.3. The van der Waals surface area contributed by atoms with Crippen molar-refractivity contribution in [2.24, 2.45) is 0 Å². The van der Waals surface area contributed by atoms with Gasteiger partial charge in [0.25, 0.3) is 0 Å². The second-order valence-electron chi connectivity index (χ2n) is 4.78. The van der Waals surface area contributed by atoms with Crippen LogP contribution < -0.4 is 0 Å². The maximum Gasteiger partial charge on any atom is 0.347 e. The number of hydrogen-bond acceptors (Lipinski definition) is 6. The molecular weight excluding hydrogens is 378 g/mol. The summed E-state index contributed by atoms with van der Waals surface area (Å²) in [5.41, 5.74) is 0.0447. The Bertz CT molecular complexity index is 715. The van der Waals surface area contributed by atoms with E-state index < -0.39 is 28.1 Å². The minimum absolute atomic E-state index is 0.0447. The van der Waals surface area contributed by atoms with Gasteiger partial charge in [0.15, 0.2) is 0 Å². The first kappa shape index (κ1) is 16.9. The topological polar surface area (TPSA) is 90.0 Å². The minimum atomic E-state index is -3.71. The molecule has 1 aromatic rings. The fourth-order valence-corrected chi connectivity index (χ4v) is 3.65. The highest BCUT2D eigenvalue weighted by molar-refractivity contribution is 9.10. The van der Waals surface area contributed by atoms with Gasteiger partial charge in [0.1, 0.15) is 0 Å². The number of rotatable bonds is 4. The van der Waals surface area contributed by atoms with Crippen molar-refractivity contribution in [1.82, 2.24) is 4.31 Å². The van der Waals surface area contributed by atoms with E-state index in [1.165, 1.54) is 32.3 Å². The maximum absolute atomic E-state index is 12.2. The second-order valence-corrected chi connectivity index (χ2v) is 7.76. The smallest absolute Gasteiger partial charge is 0.347 e. The standard InChI is InChI=1S/C13H14BrNO6S/c1-15(2)22(18,19)11-7-8(3-4-9(11)14)12(16)21-10-5-6-20-13(10)17/h3-4,7,10H,5-6H2,1-2H3/t10-/m1/s1. The van der Waals surface area contributed by atoms with E-state index in [-0.39, 0.29) is 17.1 Å². The molecule has 0 bridgehead atoms. The van der Waals surface area contributed by atoms with E-state index in [2.05, 4.69) is 15.9 Å². The van der Waals surface area contributed by atoms with Crippen molar-refractivity contribution in [3.8, 4) is 0 Å². The minimum Gasteiger partial charge on any atom is -0.463 e. The molecule has 0 amide bonds. The number of carbonyl (C=O) groups excluding carboxylic acids is 2. The third-order valence-corrected chi connectivity index (χ3v) is 5.87. The molecule has 0 spiro atoms. The van der Waals surface area contributed by atoms with Crippen molar-refractivity contribution in [1.29, 1.82) is 0 Å². The summed E-state index contributed by atoms with van der Waals surface area (Å²) in [5.74, 6) is -1.36. The lowest BCUT2D eigenvalue weighted by Crippen LogP contribution is -2.24. The molecule has 1 heterocycles. The Morgan fingerprint density at radius 1 is 1.41 bits per heavy atom. The monoisotopic (exact) mass is 391 g/mol. The van der Waals surface area contributed by atoms with Gasteiger partial charge in [-0.3, -0.25) is 0 Å². The van der Waals surface area contributed by atoms with Crippen LogP contribution in [0, 0.1) is 0 Å². The maximum atomic E-state index is 12.2. The highest BCUT2D eigenvalue weighted by atomic mass is 79.9. The molecule has 0 radical (unpaired) electrons. The molecule has 0 saturated carbocycles. The molecule has 0 N–H and O–H groups in total. The Morgan fingerprint density at radius 3 is 2.64 bits per heavy atom. The molecule has 1 aliphatic rings. The van der Waals surface area contributed by atoms with Crippen LogP contribution in [0.4, 0.5) is 0 Å². The summed E-state index contributed by atoms with van der Waals surface area (Å²) in [7, 11) is -0.934. The van der Waals surface area contributed by atoms with E-state index in [1.54, 1.807) is 0 Å². The van der Waals surface area contributed by atoms with Gasteiger partial charge < -0.3 is 9.47 Å². The SMILES string of the molecule is CN(C)S(=O)(=O)c1cc(C(=O)O[C@@H]2CCOC2=O)ccc1Br. The zero-order valence-electron chi connectivity index (χ0n) is 11.9. The first-order valence-electron chi connectivity index (χ1n) is 6.33. The van der Waals surface area contributed by atoms with Gasteiger partial charge in [-0.2, -0.15) is 0 Å². The van der Waals surface area contributed by atoms with Crippen LogP contribution in [-0.2, 0) is 24.3 Å². The molecule has 1 aliphatic heterocycles. The highest BCUT2D eigenvalue weighted by Crippen LogP contribution is 2.26. The quantitative estimate of drug-likeness (QED) is 0.715. The van der Waals surface area contributed by atoms with Gasteiger partial charge in [-0.1, -0.05) is 0 Å². The Hall–Kier alpha value is -1.45. The Balaban J connectivity index is 2.29. The van der Waals surface area contributed by atoms with E-state index >= 15 is 0 Å². The molecule has 1 fully saturated rings.